The average Bonchev–Trinajstić information content (AvgIpc) is 3.62. The van der Waals surface area contributed by atoms with Gasteiger partial charge in [-0.1, -0.05) is 147 Å². The second kappa shape index (κ2) is 11.0. The third-order valence-electron chi connectivity index (χ3n) is 9.76. The van der Waals surface area contributed by atoms with E-state index in [9.17, 15) is 0 Å². The van der Waals surface area contributed by atoms with Gasteiger partial charge in [0.25, 0.3) is 0 Å². The van der Waals surface area contributed by atoms with E-state index in [-0.39, 0.29) is 5.41 Å². The predicted molar refractivity (Wildman–Crippen MR) is 198 cm³/mol. The Labute approximate surface area is 280 Å². The van der Waals surface area contributed by atoms with Gasteiger partial charge in [-0.3, -0.25) is 0 Å². The van der Waals surface area contributed by atoms with Crippen molar-refractivity contribution in [1.29, 1.82) is 0 Å². The lowest BCUT2D eigenvalue weighted by Gasteiger charge is -2.22. The second-order valence-electron chi connectivity index (χ2n) is 13.1. The van der Waals surface area contributed by atoms with Crippen LogP contribution in [0.15, 0.2) is 164 Å². The van der Waals surface area contributed by atoms with Crippen molar-refractivity contribution in [2.45, 2.75) is 19.3 Å². The molecule has 0 fully saturated rings. The van der Waals surface area contributed by atoms with Gasteiger partial charge in [-0.25, -0.2) is 9.97 Å². The maximum atomic E-state index is 5.09. The summed E-state index contributed by atoms with van der Waals surface area (Å²) in [5.74, 6) is 0.716. The number of nitrogens with zero attached hydrogens (tertiary/aromatic N) is 3. The van der Waals surface area contributed by atoms with E-state index in [1.54, 1.807) is 0 Å². The normalized spacial score (nSPS) is 13.0. The van der Waals surface area contributed by atoms with Crippen molar-refractivity contribution in [2.24, 2.45) is 0 Å². The number of aromatic nitrogens is 3. The maximum Gasteiger partial charge on any atom is 0.160 e. The quantitative estimate of drug-likeness (QED) is 0.193. The zero-order valence-corrected chi connectivity index (χ0v) is 26.9. The van der Waals surface area contributed by atoms with Gasteiger partial charge in [0, 0.05) is 38.7 Å². The number of hydrogen-bond donors (Lipinski definition) is 0. The van der Waals surface area contributed by atoms with Gasteiger partial charge in [-0.2, -0.15) is 0 Å². The Morgan fingerprint density at radius 2 is 1.00 bits per heavy atom. The molecular formula is C45H33N3. The number of hydrogen-bond acceptors (Lipinski definition) is 2. The maximum absolute atomic E-state index is 5.09. The van der Waals surface area contributed by atoms with Crippen LogP contribution in [-0.4, -0.2) is 14.5 Å². The highest BCUT2D eigenvalue weighted by molar-refractivity contribution is 6.01. The monoisotopic (exact) mass is 615 g/mol. The van der Waals surface area contributed by atoms with Crippen molar-refractivity contribution in [3.05, 3.63) is 175 Å². The first-order valence-corrected chi connectivity index (χ1v) is 16.5. The zero-order chi connectivity index (χ0) is 32.2. The number of benzene rings is 6. The molecule has 0 saturated carbocycles. The van der Waals surface area contributed by atoms with Crippen molar-refractivity contribution < 1.29 is 0 Å². The van der Waals surface area contributed by atoms with Crippen LogP contribution in [0.2, 0.25) is 0 Å². The van der Waals surface area contributed by atoms with Crippen LogP contribution < -0.4 is 0 Å². The Morgan fingerprint density at radius 3 is 1.67 bits per heavy atom. The van der Waals surface area contributed by atoms with E-state index >= 15 is 0 Å². The van der Waals surface area contributed by atoms with Crippen LogP contribution in [0.25, 0.3) is 72.7 Å². The molecule has 8 aromatic rings. The Bertz CT molecular complexity index is 2400. The highest BCUT2D eigenvalue weighted by Crippen LogP contribution is 2.52. The highest BCUT2D eigenvalue weighted by atomic mass is 15.0. The summed E-state index contributed by atoms with van der Waals surface area (Å²) in [6, 6.07) is 58.0. The fraction of sp³-hybridized carbons (Fsp3) is 0.0667. The van der Waals surface area contributed by atoms with Gasteiger partial charge in [-0.15, -0.1) is 0 Å². The first-order chi connectivity index (χ1) is 23.6. The standard InChI is InChI=1S/C45H33N3/c1-45(2)37-28-34(25-26-41(37)48-40-24-13-12-23-36(40)42(43(45)48)32-19-10-5-11-20-32)33-21-14-22-35(27-33)44-46-38(30-15-6-3-7-16-30)29-39(47-44)31-17-8-4-9-18-31/h3-29H,1-2H3. The van der Waals surface area contributed by atoms with Gasteiger partial charge in [0.2, 0.25) is 0 Å². The molecule has 3 heterocycles. The topological polar surface area (TPSA) is 30.7 Å². The summed E-state index contributed by atoms with van der Waals surface area (Å²) < 4.78 is 2.49. The minimum absolute atomic E-state index is 0.204. The molecule has 0 amide bonds. The molecule has 228 valence electrons. The second-order valence-corrected chi connectivity index (χ2v) is 13.1. The van der Waals surface area contributed by atoms with E-state index in [1.807, 2.05) is 12.1 Å². The Morgan fingerprint density at radius 1 is 0.458 bits per heavy atom. The lowest BCUT2D eigenvalue weighted by Crippen LogP contribution is -2.16. The fourth-order valence-corrected chi connectivity index (χ4v) is 7.45. The van der Waals surface area contributed by atoms with E-state index in [4.69, 9.17) is 9.97 Å². The van der Waals surface area contributed by atoms with Crippen molar-refractivity contribution in [1.82, 2.24) is 14.5 Å². The molecule has 3 heteroatoms. The van der Waals surface area contributed by atoms with Crippen LogP contribution in [0.5, 0.6) is 0 Å². The number of rotatable bonds is 5. The molecule has 0 radical (unpaired) electrons. The summed E-state index contributed by atoms with van der Waals surface area (Å²) in [4.78, 5) is 10.2. The molecule has 0 aliphatic carbocycles. The van der Waals surface area contributed by atoms with Crippen LogP contribution in [0.3, 0.4) is 0 Å². The van der Waals surface area contributed by atoms with Crippen molar-refractivity contribution in [2.75, 3.05) is 0 Å². The third-order valence-corrected chi connectivity index (χ3v) is 9.76. The molecule has 2 aromatic heterocycles. The molecule has 0 N–H and O–H groups in total. The van der Waals surface area contributed by atoms with Crippen LogP contribution in [0, 0.1) is 0 Å². The van der Waals surface area contributed by atoms with Gasteiger partial charge in [-0.05, 0) is 52.6 Å². The highest BCUT2D eigenvalue weighted by Gasteiger charge is 2.40. The van der Waals surface area contributed by atoms with Crippen molar-refractivity contribution in [3.63, 3.8) is 0 Å². The van der Waals surface area contributed by atoms with Crippen LogP contribution in [0.1, 0.15) is 25.1 Å². The summed E-state index contributed by atoms with van der Waals surface area (Å²) >= 11 is 0. The van der Waals surface area contributed by atoms with Crippen LogP contribution in [0.4, 0.5) is 0 Å². The first kappa shape index (κ1) is 28.2. The van der Waals surface area contributed by atoms with Crippen LogP contribution in [-0.2, 0) is 5.41 Å². The van der Waals surface area contributed by atoms with Gasteiger partial charge >= 0.3 is 0 Å². The summed E-state index contributed by atoms with van der Waals surface area (Å²) in [6.07, 6.45) is 0. The molecule has 9 rings (SSSR count). The summed E-state index contributed by atoms with van der Waals surface area (Å²) in [6.45, 7) is 4.73. The van der Waals surface area contributed by atoms with Gasteiger partial charge in [0.15, 0.2) is 5.82 Å². The lowest BCUT2D eigenvalue weighted by molar-refractivity contribution is 0.646. The number of fused-ring (bicyclic) bond motifs is 5. The lowest BCUT2D eigenvalue weighted by atomic mass is 9.79. The van der Waals surface area contributed by atoms with Crippen molar-refractivity contribution in [3.8, 4) is 61.8 Å². The SMILES string of the molecule is CC1(C)c2cc(-c3cccc(-c4nc(-c5ccccc5)cc(-c5ccccc5)n4)c3)ccc2-n2c1c(-c1ccccc1)c1ccccc12. The van der Waals surface area contributed by atoms with Gasteiger partial charge < -0.3 is 4.57 Å². The molecule has 0 atom stereocenters. The molecule has 0 bridgehead atoms. The molecule has 0 unspecified atom stereocenters. The predicted octanol–water partition coefficient (Wildman–Crippen LogP) is 11.4. The first-order valence-electron chi connectivity index (χ1n) is 16.5. The van der Waals surface area contributed by atoms with E-state index in [2.05, 4.69) is 170 Å². The molecule has 3 nitrogen and oxygen atoms in total. The summed E-state index contributed by atoms with van der Waals surface area (Å²) in [5.41, 5.74) is 14.8. The number of para-hydroxylation sites is 1. The molecule has 0 saturated heterocycles. The van der Waals surface area contributed by atoms with E-state index in [1.165, 1.54) is 44.5 Å². The minimum Gasteiger partial charge on any atom is -0.312 e. The third kappa shape index (κ3) is 4.51. The zero-order valence-electron chi connectivity index (χ0n) is 26.9. The summed E-state index contributed by atoms with van der Waals surface area (Å²) in [5, 5.41) is 1.29. The minimum atomic E-state index is -0.204. The fourth-order valence-electron chi connectivity index (χ4n) is 7.45. The largest absolute Gasteiger partial charge is 0.312 e. The molecule has 1 aliphatic rings. The molecule has 0 spiro atoms. The smallest absolute Gasteiger partial charge is 0.160 e. The summed E-state index contributed by atoms with van der Waals surface area (Å²) in [7, 11) is 0. The van der Waals surface area contributed by atoms with E-state index in [0.717, 1.165) is 33.6 Å². The van der Waals surface area contributed by atoms with E-state index < -0.39 is 0 Å². The van der Waals surface area contributed by atoms with E-state index in [0.29, 0.717) is 5.82 Å². The molecule has 6 aromatic carbocycles. The van der Waals surface area contributed by atoms with Crippen molar-refractivity contribution >= 4 is 10.9 Å². The van der Waals surface area contributed by atoms with Gasteiger partial charge in [0.1, 0.15) is 0 Å². The Balaban J connectivity index is 1.17. The average molecular weight is 616 g/mol. The Hall–Kier alpha value is -6.06. The van der Waals surface area contributed by atoms with Gasteiger partial charge in [0.05, 0.1) is 22.6 Å². The van der Waals surface area contributed by atoms with Crippen LogP contribution >= 0.6 is 0 Å². The Kier molecular flexibility index (Phi) is 6.48. The molecule has 48 heavy (non-hydrogen) atoms. The molecular weight excluding hydrogens is 583 g/mol. The molecule has 1 aliphatic heterocycles.